The van der Waals surface area contributed by atoms with Crippen LogP contribution in [0.25, 0.3) is 0 Å². The van der Waals surface area contributed by atoms with Crippen LogP contribution >= 0.6 is 15.9 Å². The molecule has 0 amide bonds. The third kappa shape index (κ3) is 4.93. The van der Waals surface area contributed by atoms with Crippen molar-refractivity contribution in [3.8, 4) is 0 Å². The Morgan fingerprint density at radius 1 is 1.38 bits per heavy atom. The summed E-state index contributed by atoms with van der Waals surface area (Å²) in [5.41, 5.74) is 0.923. The van der Waals surface area contributed by atoms with E-state index < -0.39 is 0 Å². The molecular formula is C11H12BrNO3. The SMILES string of the molecule is CON=C(Br)COC(=O)Cc1ccccc1. The summed E-state index contributed by atoms with van der Waals surface area (Å²) < 4.78 is 5.40. The summed E-state index contributed by atoms with van der Waals surface area (Å²) in [5, 5.41) is 3.56. The molecule has 5 heteroatoms. The topological polar surface area (TPSA) is 47.9 Å². The molecule has 0 saturated heterocycles. The number of hydrogen-bond acceptors (Lipinski definition) is 4. The van der Waals surface area contributed by atoms with Crippen LogP contribution in [0.3, 0.4) is 0 Å². The second-order valence-electron chi connectivity index (χ2n) is 2.97. The summed E-state index contributed by atoms with van der Waals surface area (Å²) in [5.74, 6) is -0.297. The fourth-order valence-corrected chi connectivity index (χ4v) is 1.34. The summed E-state index contributed by atoms with van der Waals surface area (Å²) >= 11 is 3.10. The molecule has 0 radical (unpaired) electrons. The highest BCUT2D eigenvalue weighted by atomic mass is 79.9. The third-order valence-corrected chi connectivity index (χ3v) is 2.11. The zero-order valence-corrected chi connectivity index (χ0v) is 10.4. The van der Waals surface area contributed by atoms with Crippen molar-refractivity contribution in [3.63, 3.8) is 0 Å². The third-order valence-electron chi connectivity index (χ3n) is 1.73. The number of nitrogens with zero attached hydrogens (tertiary/aromatic N) is 1. The first-order valence-electron chi connectivity index (χ1n) is 4.67. The Hall–Kier alpha value is -1.36. The summed E-state index contributed by atoms with van der Waals surface area (Å²) in [6, 6.07) is 9.41. The second kappa shape index (κ2) is 7.00. The maximum atomic E-state index is 11.4. The van der Waals surface area contributed by atoms with Gasteiger partial charge < -0.3 is 9.57 Å². The lowest BCUT2D eigenvalue weighted by molar-refractivity contribution is -0.141. The van der Waals surface area contributed by atoms with E-state index in [4.69, 9.17) is 4.74 Å². The summed E-state index contributed by atoms with van der Waals surface area (Å²) in [6.45, 7) is 0.0828. The second-order valence-corrected chi connectivity index (χ2v) is 3.89. The zero-order valence-electron chi connectivity index (χ0n) is 8.85. The number of esters is 1. The average molecular weight is 286 g/mol. The van der Waals surface area contributed by atoms with Gasteiger partial charge in [-0.1, -0.05) is 35.5 Å². The lowest BCUT2D eigenvalue weighted by Crippen LogP contribution is -2.12. The molecule has 16 heavy (non-hydrogen) atoms. The van der Waals surface area contributed by atoms with Gasteiger partial charge in [0.05, 0.1) is 6.42 Å². The van der Waals surface area contributed by atoms with Crippen molar-refractivity contribution in [2.45, 2.75) is 6.42 Å². The smallest absolute Gasteiger partial charge is 0.310 e. The van der Waals surface area contributed by atoms with Gasteiger partial charge in [0.25, 0.3) is 0 Å². The van der Waals surface area contributed by atoms with Crippen LogP contribution in [0, 0.1) is 0 Å². The van der Waals surface area contributed by atoms with Gasteiger partial charge in [0.1, 0.15) is 13.7 Å². The normalized spacial score (nSPS) is 11.0. The molecule has 0 heterocycles. The largest absolute Gasteiger partial charge is 0.458 e. The van der Waals surface area contributed by atoms with Crippen LogP contribution < -0.4 is 0 Å². The van der Waals surface area contributed by atoms with Gasteiger partial charge in [-0.05, 0) is 21.5 Å². The fourth-order valence-electron chi connectivity index (χ4n) is 1.08. The molecule has 0 saturated carbocycles. The van der Waals surface area contributed by atoms with Crippen LogP contribution in [0.15, 0.2) is 35.5 Å². The molecule has 0 aliphatic rings. The van der Waals surface area contributed by atoms with Gasteiger partial charge in [-0.2, -0.15) is 0 Å². The highest BCUT2D eigenvalue weighted by Gasteiger charge is 2.05. The molecule has 0 bridgehead atoms. The van der Waals surface area contributed by atoms with E-state index in [1.54, 1.807) is 0 Å². The Bertz CT molecular complexity index is 365. The Morgan fingerprint density at radius 2 is 2.06 bits per heavy atom. The minimum Gasteiger partial charge on any atom is -0.458 e. The van der Waals surface area contributed by atoms with E-state index in [2.05, 4.69) is 25.9 Å². The number of halogens is 1. The molecule has 0 atom stereocenters. The highest BCUT2D eigenvalue weighted by Crippen LogP contribution is 2.01. The molecular weight excluding hydrogens is 274 g/mol. The number of benzene rings is 1. The molecule has 4 nitrogen and oxygen atoms in total. The molecule has 0 unspecified atom stereocenters. The molecule has 1 rings (SSSR count). The monoisotopic (exact) mass is 285 g/mol. The summed E-state index contributed by atoms with van der Waals surface area (Å²) in [7, 11) is 1.42. The first-order chi connectivity index (χ1) is 7.72. The van der Waals surface area contributed by atoms with E-state index in [1.165, 1.54) is 7.11 Å². The van der Waals surface area contributed by atoms with Crippen molar-refractivity contribution in [3.05, 3.63) is 35.9 Å². The van der Waals surface area contributed by atoms with E-state index in [1.807, 2.05) is 30.3 Å². The van der Waals surface area contributed by atoms with Gasteiger partial charge in [-0.15, -0.1) is 0 Å². The average Bonchev–Trinajstić information content (AvgIpc) is 2.28. The zero-order chi connectivity index (χ0) is 11.8. The van der Waals surface area contributed by atoms with Gasteiger partial charge in [-0.3, -0.25) is 4.79 Å². The molecule has 1 aromatic rings. The molecule has 1 aromatic carbocycles. The standard InChI is InChI=1S/C11H12BrNO3/c1-15-13-10(12)8-16-11(14)7-9-5-3-2-4-6-9/h2-6H,7-8H2,1H3. The quantitative estimate of drug-likeness (QED) is 0.473. The van der Waals surface area contributed by atoms with Crippen molar-refractivity contribution in [2.75, 3.05) is 13.7 Å². The van der Waals surface area contributed by atoms with Crippen molar-refractivity contribution in [1.29, 1.82) is 0 Å². The summed E-state index contributed by atoms with van der Waals surface area (Å²) in [6.07, 6.45) is 0.258. The van der Waals surface area contributed by atoms with Crippen molar-refractivity contribution < 1.29 is 14.4 Å². The van der Waals surface area contributed by atoms with E-state index >= 15 is 0 Å². The van der Waals surface area contributed by atoms with Gasteiger partial charge in [0.15, 0.2) is 4.62 Å². The minimum absolute atomic E-state index is 0.0828. The highest BCUT2D eigenvalue weighted by molar-refractivity contribution is 9.18. The Balaban J connectivity index is 2.35. The molecule has 0 fully saturated rings. The predicted molar refractivity (Wildman–Crippen MR) is 64.5 cm³/mol. The molecule has 86 valence electrons. The van der Waals surface area contributed by atoms with Crippen LogP contribution in [0.1, 0.15) is 5.56 Å². The molecule has 0 aliphatic heterocycles. The molecule has 0 aliphatic carbocycles. The fraction of sp³-hybridized carbons (Fsp3) is 0.273. The van der Waals surface area contributed by atoms with E-state index in [0.29, 0.717) is 4.62 Å². The first-order valence-corrected chi connectivity index (χ1v) is 5.46. The van der Waals surface area contributed by atoms with Crippen molar-refractivity contribution in [1.82, 2.24) is 0 Å². The maximum Gasteiger partial charge on any atom is 0.310 e. The van der Waals surface area contributed by atoms with E-state index in [0.717, 1.165) is 5.56 Å². The number of oxime groups is 1. The minimum atomic E-state index is -0.297. The van der Waals surface area contributed by atoms with Crippen LogP contribution in [0.4, 0.5) is 0 Å². The Morgan fingerprint density at radius 3 is 2.69 bits per heavy atom. The number of rotatable bonds is 5. The van der Waals surface area contributed by atoms with E-state index in [9.17, 15) is 4.79 Å². The number of hydrogen-bond donors (Lipinski definition) is 0. The van der Waals surface area contributed by atoms with Crippen LogP contribution in [0.2, 0.25) is 0 Å². The van der Waals surface area contributed by atoms with Gasteiger partial charge in [0.2, 0.25) is 0 Å². The number of carbonyl (C=O) groups excluding carboxylic acids is 1. The lowest BCUT2D eigenvalue weighted by atomic mass is 10.2. The van der Waals surface area contributed by atoms with Crippen LogP contribution in [0.5, 0.6) is 0 Å². The van der Waals surface area contributed by atoms with Crippen LogP contribution in [-0.4, -0.2) is 24.3 Å². The van der Waals surface area contributed by atoms with Crippen LogP contribution in [-0.2, 0) is 20.8 Å². The molecule has 0 spiro atoms. The van der Waals surface area contributed by atoms with Gasteiger partial charge in [-0.25, -0.2) is 0 Å². The summed E-state index contributed by atoms with van der Waals surface area (Å²) in [4.78, 5) is 15.9. The molecule has 0 aromatic heterocycles. The molecule has 0 N–H and O–H groups in total. The van der Waals surface area contributed by atoms with Crippen molar-refractivity contribution in [2.24, 2.45) is 5.16 Å². The Labute approximate surface area is 102 Å². The number of carbonyl (C=O) groups is 1. The lowest BCUT2D eigenvalue weighted by Gasteiger charge is -2.03. The van der Waals surface area contributed by atoms with E-state index in [-0.39, 0.29) is 19.0 Å². The van der Waals surface area contributed by atoms with Crippen molar-refractivity contribution >= 4 is 26.5 Å². The first kappa shape index (κ1) is 12.7. The Kier molecular flexibility index (Phi) is 5.56. The number of ether oxygens (including phenoxy) is 1. The predicted octanol–water partition coefficient (Wildman–Crippen LogP) is 2.13. The van der Waals surface area contributed by atoms with Gasteiger partial charge >= 0.3 is 5.97 Å². The van der Waals surface area contributed by atoms with Gasteiger partial charge in [0, 0.05) is 0 Å². The maximum absolute atomic E-state index is 11.4.